The van der Waals surface area contributed by atoms with E-state index in [2.05, 4.69) is 33.5 Å². The Bertz CT molecular complexity index is 1250. The lowest BCUT2D eigenvalue weighted by molar-refractivity contribution is -0.132. The maximum Gasteiger partial charge on any atom is 0.222 e. The molecule has 1 amide bonds. The summed E-state index contributed by atoms with van der Waals surface area (Å²) in [6.45, 7) is 3.55. The predicted molar refractivity (Wildman–Crippen MR) is 132 cm³/mol. The molecule has 0 bridgehead atoms. The Morgan fingerprint density at radius 3 is 2.91 bits per heavy atom. The fourth-order valence-corrected chi connectivity index (χ4v) is 4.66. The number of carbonyl (C=O) groups is 1. The smallest absolute Gasteiger partial charge is 0.222 e. The van der Waals surface area contributed by atoms with Gasteiger partial charge in [0.25, 0.3) is 0 Å². The van der Waals surface area contributed by atoms with E-state index in [0.717, 1.165) is 60.8 Å². The van der Waals surface area contributed by atoms with E-state index >= 15 is 0 Å². The third-order valence-electron chi connectivity index (χ3n) is 6.42. The van der Waals surface area contributed by atoms with Crippen molar-refractivity contribution in [2.45, 2.75) is 38.5 Å². The molecule has 2 N–H and O–H groups in total. The molecule has 1 fully saturated rings. The number of rotatable bonds is 6. The van der Waals surface area contributed by atoms with Crippen LogP contribution in [0.4, 0.5) is 11.5 Å². The summed E-state index contributed by atoms with van der Waals surface area (Å²) in [6.07, 6.45) is 7.26. The molecule has 1 aliphatic rings. The minimum Gasteiger partial charge on any atom is -0.361 e. The molecule has 4 aromatic rings. The van der Waals surface area contributed by atoms with Crippen molar-refractivity contribution in [2.24, 2.45) is 0 Å². The quantitative estimate of drug-likeness (QED) is 0.425. The summed E-state index contributed by atoms with van der Waals surface area (Å²) in [5.41, 5.74) is 5.27. The summed E-state index contributed by atoms with van der Waals surface area (Å²) in [4.78, 5) is 27.5. The number of aryl methyl sites for hydroxylation is 2. The molecule has 1 aromatic carbocycles. The number of pyridine rings is 2. The number of nitrogens with zero attached hydrogens (tertiary/aromatic N) is 3. The highest BCUT2D eigenvalue weighted by Gasteiger charge is 2.25. The first-order valence-corrected chi connectivity index (χ1v) is 11.6. The molecule has 3 aromatic heterocycles. The van der Waals surface area contributed by atoms with Crippen molar-refractivity contribution < 1.29 is 4.79 Å². The zero-order valence-corrected chi connectivity index (χ0v) is 18.9. The van der Waals surface area contributed by atoms with Gasteiger partial charge in [-0.25, -0.2) is 4.98 Å². The first kappa shape index (κ1) is 21.2. The lowest BCUT2D eigenvalue weighted by atomic mass is 9.93. The highest BCUT2D eigenvalue weighted by molar-refractivity contribution is 5.84. The van der Waals surface area contributed by atoms with Gasteiger partial charge in [-0.05, 0) is 62.1 Å². The normalized spacial score (nSPS) is 16.2. The van der Waals surface area contributed by atoms with Crippen LogP contribution >= 0.6 is 0 Å². The van der Waals surface area contributed by atoms with Gasteiger partial charge in [-0.3, -0.25) is 9.78 Å². The van der Waals surface area contributed by atoms with E-state index in [-0.39, 0.29) is 11.8 Å². The Balaban J connectivity index is 1.19. The molecular formula is C27H29N5O. The van der Waals surface area contributed by atoms with Gasteiger partial charge in [-0.2, -0.15) is 0 Å². The lowest BCUT2D eigenvalue weighted by Crippen LogP contribution is -2.39. The van der Waals surface area contributed by atoms with Gasteiger partial charge in [0.2, 0.25) is 5.91 Å². The number of likely N-dealkylation sites (tertiary alicyclic amines) is 1. The van der Waals surface area contributed by atoms with E-state index < -0.39 is 0 Å². The Hall–Kier alpha value is -3.67. The van der Waals surface area contributed by atoms with Gasteiger partial charge >= 0.3 is 0 Å². The van der Waals surface area contributed by atoms with Gasteiger partial charge in [0.15, 0.2) is 0 Å². The SMILES string of the molecule is Cc1cccc(Nc2ccc([C@H]3CCCN(C(=O)CCc4c[nH]c5ccccc45)C3)nc2)n1. The van der Waals surface area contributed by atoms with Crippen LogP contribution < -0.4 is 5.32 Å². The summed E-state index contributed by atoms with van der Waals surface area (Å²) < 4.78 is 0. The fourth-order valence-electron chi connectivity index (χ4n) is 4.66. The average Bonchev–Trinajstić information content (AvgIpc) is 3.26. The second-order valence-electron chi connectivity index (χ2n) is 8.80. The number of benzene rings is 1. The van der Waals surface area contributed by atoms with Crippen molar-refractivity contribution in [3.8, 4) is 0 Å². The molecule has 33 heavy (non-hydrogen) atoms. The minimum atomic E-state index is 0.230. The molecule has 4 heterocycles. The molecule has 168 valence electrons. The van der Waals surface area contributed by atoms with Crippen molar-refractivity contribution in [3.05, 3.63) is 83.9 Å². The molecule has 0 radical (unpaired) electrons. The number of para-hydroxylation sites is 1. The maximum absolute atomic E-state index is 13.0. The van der Waals surface area contributed by atoms with Crippen molar-refractivity contribution in [3.63, 3.8) is 0 Å². The molecule has 6 heteroatoms. The zero-order chi connectivity index (χ0) is 22.6. The van der Waals surface area contributed by atoms with E-state index in [1.807, 2.05) is 60.6 Å². The third-order valence-corrected chi connectivity index (χ3v) is 6.42. The number of anilines is 2. The number of aromatic amines is 1. The maximum atomic E-state index is 13.0. The van der Waals surface area contributed by atoms with Crippen LogP contribution in [0.15, 0.2) is 67.0 Å². The van der Waals surface area contributed by atoms with E-state index in [1.165, 1.54) is 10.9 Å². The topological polar surface area (TPSA) is 73.9 Å². The van der Waals surface area contributed by atoms with Crippen LogP contribution in [0.5, 0.6) is 0 Å². The van der Waals surface area contributed by atoms with Crippen LogP contribution in [0.2, 0.25) is 0 Å². The van der Waals surface area contributed by atoms with E-state index in [0.29, 0.717) is 6.42 Å². The number of carbonyl (C=O) groups excluding carboxylic acids is 1. The first-order chi connectivity index (χ1) is 16.2. The number of fused-ring (bicyclic) bond motifs is 1. The molecule has 6 nitrogen and oxygen atoms in total. The van der Waals surface area contributed by atoms with Gasteiger partial charge in [-0.1, -0.05) is 24.3 Å². The number of aromatic nitrogens is 3. The van der Waals surface area contributed by atoms with Crippen molar-refractivity contribution in [1.29, 1.82) is 0 Å². The average molecular weight is 440 g/mol. The number of hydrogen-bond donors (Lipinski definition) is 2. The minimum absolute atomic E-state index is 0.230. The molecule has 0 unspecified atom stereocenters. The molecule has 1 atom stereocenters. The standard InChI is InChI=1S/C27H29N5O/c1-19-6-4-10-26(30-19)31-22-12-13-24(29-17-22)21-7-5-15-32(18-21)27(33)14-11-20-16-28-25-9-3-2-8-23(20)25/h2-4,6,8-10,12-13,16-17,21,28H,5,7,11,14-15,18H2,1H3,(H,30,31)/t21-/m0/s1. The summed E-state index contributed by atoms with van der Waals surface area (Å²) in [5, 5.41) is 4.51. The lowest BCUT2D eigenvalue weighted by Gasteiger charge is -2.32. The fraction of sp³-hybridized carbons (Fsp3) is 0.296. The molecule has 0 aliphatic carbocycles. The largest absolute Gasteiger partial charge is 0.361 e. The molecular weight excluding hydrogens is 410 g/mol. The van der Waals surface area contributed by atoms with Gasteiger partial charge in [0, 0.05) is 53.9 Å². The van der Waals surface area contributed by atoms with Crippen LogP contribution in [0.1, 0.15) is 42.1 Å². The van der Waals surface area contributed by atoms with Crippen LogP contribution in [0.25, 0.3) is 10.9 Å². The third kappa shape index (κ3) is 4.90. The Morgan fingerprint density at radius 2 is 2.06 bits per heavy atom. The number of piperidine rings is 1. The Morgan fingerprint density at radius 1 is 1.15 bits per heavy atom. The number of hydrogen-bond acceptors (Lipinski definition) is 4. The van der Waals surface area contributed by atoms with E-state index in [4.69, 9.17) is 4.98 Å². The molecule has 5 rings (SSSR count). The van der Waals surface area contributed by atoms with Crippen molar-refractivity contribution in [1.82, 2.24) is 19.9 Å². The van der Waals surface area contributed by atoms with Gasteiger partial charge < -0.3 is 15.2 Å². The number of amides is 1. The summed E-state index contributed by atoms with van der Waals surface area (Å²) in [7, 11) is 0. The highest BCUT2D eigenvalue weighted by Crippen LogP contribution is 2.27. The summed E-state index contributed by atoms with van der Waals surface area (Å²) in [5.74, 6) is 1.32. The summed E-state index contributed by atoms with van der Waals surface area (Å²) >= 11 is 0. The van der Waals surface area contributed by atoms with Gasteiger partial charge in [0.05, 0.1) is 11.9 Å². The monoisotopic (exact) mass is 439 g/mol. The predicted octanol–water partition coefficient (Wildman–Crippen LogP) is 5.35. The van der Waals surface area contributed by atoms with E-state index in [9.17, 15) is 4.79 Å². The Labute approximate surface area is 194 Å². The van der Waals surface area contributed by atoms with Gasteiger partial charge in [-0.15, -0.1) is 0 Å². The molecule has 0 spiro atoms. The first-order valence-electron chi connectivity index (χ1n) is 11.6. The number of H-pyrrole nitrogens is 1. The second-order valence-corrected chi connectivity index (χ2v) is 8.80. The van der Waals surface area contributed by atoms with Gasteiger partial charge in [0.1, 0.15) is 5.82 Å². The summed E-state index contributed by atoms with van der Waals surface area (Å²) in [6, 6.07) is 18.3. The molecule has 1 aliphatic heterocycles. The van der Waals surface area contributed by atoms with E-state index in [1.54, 1.807) is 0 Å². The van der Waals surface area contributed by atoms with Crippen LogP contribution in [-0.4, -0.2) is 38.8 Å². The highest BCUT2D eigenvalue weighted by atomic mass is 16.2. The van der Waals surface area contributed by atoms with Crippen LogP contribution in [-0.2, 0) is 11.2 Å². The Kier molecular flexibility index (Phi) is 6.07. The van der Waals surface area contributed by atoms with Crippen LogP contribution in [0, 0.1) is 6.92 Å². The molecule has 0 saturated carbocycles. The second kappa shape index (κ2) is 9.45. The van der Waals surface area contributed by atoms with Crippen molar-refractivity contribution in [2.75, 3.05) is 18.4 Å². The number of nitrogens with one attached hydrogen (secondary N) is 2. The zero-order valence-electron chi connectivity index (χ0n) is 18.9. The van der Waals surface area contributed by atoms with Crippen molar-refractivity contribution >= 4 is 28.3 Å². The molecule has 1 saturated heterocycles. The van der Waals surface area contributed by atoms with Crippen LogP contribution in [0.3, 0.4) is 0 Å².